The highest BCUT2D eigenvalue weighted by Crippen LogP contribution is 2.22. The summed E-state index contributed by atoms with van der Waals surface area (Å²) in [6, 6.07) is 4.03. The largest absolute Gasteiger partial charge is 0.491 e. The Morgan fingerprint density at radius 2 is 1.68 bits per heavy atom. The normalized spacial score (nSPS) is 10.6. The number of benzene rings is 1. The van der Waals surface area contributed by atoms with E-state index in [-0.39, 0.29) is 6.03 Å². The van der Waals surface area contributed by atoms with E-state index in [4.69, 9.17) is 4.74 Å². The van der Waals surface area contributed by atoms with Crippen molar-refractivity contribution in [2.45, 2.75) is 27.2 Å². The maximum Gasteiger partial charge on any atom is 0.314 e. The van der Waals surface area contributed by atoms with E-state index in [1.165, 1.54) is 11.1 Å². The first kappa shape index (κ1) is 18.3. The second kappa shape index (κ2) is 9.30. The summed E-state index contributed by atoms with van der Waals surface area (Å²) < 4.78 is 5.73. The van der Waals surface area contributed by atoms with Gasteiger partial charge in [0.15, 0.2) is 0 Å². The molecule has 0 saturated heterocycles. The molecule has 2 amide bonds. The Kier molecular flexibility index (Phi) is 7.74. The van der Waals surface area contributed by atoms with Crippen molar-refractivity contribution >= 4 is 6.03 Å². The van der Waals surface area contributed by atoms with Crippen molar-refractivity contribution in [2.24, 2.45) is 0 Å². The van der Waals surface area contributed by atoms with Crippen LogP contribution in [0.4, 0.5) is 4.79 Å². The number of nitrogens with zero attached hydrogens (tertiary/aromatic N) is 1. The molecule has 1 aromatic carbocycles. The van der Waals surface area contributed by atoms with Gasteiger partial charge in [0.25, 0.3) is 0 Å². The molecule has 0 unspecified atom stereocenters. The highest BCUT2D eigenvalue weighted by molar-refractivity contribution is 5.73. The summed E-state index contributed by atoms with van der Waals surface area (Å²) in [4.78, 5) is 13.7. The molecule has 0 aliphatic rings. The Labute approximate surface area is 134 Å². The predicted molar refractivity (Wildman–Crippen MR) is 90.7 cm³/mol. The molecule has 0 atom stereocenters. The Morgan fingerprint density at radius 1 is 1.05 bits per heavy atom. The molecule has 0 aliphatic heterocycles. The summed E-state index contributed by atoms with van der Waals surface area (Å²) in [7, 11) is 4.04. The number of aryl methyl sites for hydroxylation is 3. The quantitative estimate of drug-likeness (QED) is 0.724. The van der Waals surface area contributed by atoms with E-state index in [1.54, 1.807) is 0 Å². The van der Waals surface area contributed by atoms with Crippen LogP contribution in [0.2, 0.25) is 0 Å². The number of carbonyl (C=O) groups excluding carboxylic acids is 1. The summed E-state index contributed by atoms with van der Waals surface area (Å²) in [5.41, 5.74) is 3.60. The molecule has 0 radical (unpaired) electrons. The fourth-order valence-corrected chi connectivity index (χ4v) is 2.07. The van der Waals surface area contributed by atoms with Crippen LogP contribution in [0.1, 0.15) is 23.1 Å². The number of ether oxygens (including phenoxy) is 1. The lowest BCUT2D eigenvalue weighted by atomic mass is 10.1. The summed E-state index contributed by atoms with van der Waals surface area (Å²) in [5.74, 6) is 0.885. The SMILES string of the molecule is Cc1cc(C)c(OCCNC(=O)NCCCN(C)C)cc1C. The Balaban J connectivity index is 2.20. The molecule has 2 N–H and O–H groups in total. The molecule has 22 heavy (non-hydrogen) atoms. The molecule has 1 rings (SSSR count). The topological polar surface area (TPSA) is 53.6 Å². The van der Waals surface area contributed by atoms with Crippen LogP contribution in [0.15, 0.2) is 12.1 Å². The molecule has 0 bridgehead atoms. The van der Waals surface area contributed by atoms with Crippen molar-refractivity contribution in [1.82, 2.24) is 15.5 Å². The molecule has 0 heterocycles. The second-order valence-electron chi connectivity index (χ2n) is 5.89. The Bertz CT molecular complexity index is 487. The van der Waals surface area contributed by atoms with E-state index in [9.17, 15) is 4.79 Å². The molecular weight excluding hydrogens is 278 g/mol. The predicted octanol–water partition coefficient (Wildman–Crippen LogP) is 2.24. The van der Waals surface area contributed by atoms with Gasteiger partial charge in [-0.15, -0.1) is 0 Å². The number of rotatable bonds is 8. The van der Waals surface area contributed by atoms with Gasteiger partial charge in [-0.1, -0.05) is 6.07 Å². The lowest BCUT2D eigenvalue weighted by molar-refractivity contribution is 0.235. The number of amides is 2. The molecule has 5 nitrogen and oxygen atoms in total. The summed E-state index contributed by atoms with van der Waals surface area (Å²) >= 11 is 0. The Morgan fingerprint density at radius 3 is 2.36 bits per heavy atom. The summed E-state index contributed by atoms with van der Waals surface area (Å²) in [6.07, 6.45) is 0.943. The van der Waals surface area contributed by atoms with Crippen molar-refractivity contribution in [2.75, 3.05) is 40.3 Å². The van der Waals surface area contributed by atoms with Crippen molar-refractivity contribution in [3.8, 4) is 5.75 Å². The number of hydrogen-bond acceptors (Lipinski definition) is 3. The van der Waals surface area contributed by atoms with Gasteiger partial charge in [-0.25, -0.2) is 4.79 Å². The third kappa shape index (κ3) is 6.80. The van der Waals surface area contributed by atoms with Gasteiger partial charge >= 0.3 is 6.03 Å². The van der Waals surface area contributed by atoms with Gasteiger partial charge in [0, 0.05) is 6.54 Å². The van der Waals surface area contributed by atoms with E-state index < -0.39 is 0 Å². The maximum atomic E-state index is 11.6. The van der Waals surface area contributed by atoms with E-state index in [0.717, 1.165) is 24.3 Å². The Hall–Kier alpha value is -1.75. The first-order valence-corrected chi connectivity index (χ1v) is 7.77. The molecule has 0 aromatic heterocycles. The lowest BCUT2D eigenvalue weighted by Crippen LogP contribution is -2.38. The van der Waals surface area contributed by atoms with Crippen LogP contribution >= 0.6 is 0 Å². The maximum absolute atomic E-state index is 11.6. The smallest absolute Gasteiger partial charge is 0.314 e. The molecular formula is C17H29N3O2. The second-order valence-corrected chi connectivity index (χ2v) is 5.89. The van der Waals surface area contributed by atoms with Gasteiger partial charge < -0.3 is 20.3 Å². The minimum Gasteiger partial charge on any atom is -0.491 e. The van der Waals surface area contributed by atoms with Crippen LogP contribution in [0.5, 0.6) is 5.75 Å². The average Bonchev–Trinajstić information content (AvgIpc) is 2.44. The third-order valence-electron chi connectivity index (χ3n) is 3.50. The monoisotopic (exact) mass is 307 g/mol. The molecule has 0 aliphatic carbocycles. The van der Waals surface area contributed by atoms with Crippen LogP contribution in [0.3, 0.4) is 0 Å². The van der Waals surface area contributed by atoms with Crippen LogP contribution in [0.25, 0.3) is 0 Å². The van der Waals surface area contributed by atoms with Gasteiger partial charge in [0.1, 0.15) is 12.4 Å². The van der Waals surface area contributed by atoms with E-state index >= 15 is 0 Å². The first-order chi connectivity index (χ1) is 10.4. The van der Waals surface area contributed by atoms with Crippen molar-refractivity contribution < 1.29 is 9.53 Å². The first-order valence-electron chi connectivity index (χ1n) is 7.77. The third-order valence-corrected chi connectivity index (χ3v) is 3.50. The van der Waals surface area contributed by atoms with Gasteiger partial charge in [-0.05, 0) is 70.6 Å². The van der Waals surface area contributed by atoms with Crippen LogP contribution in [-0.2, 0) is 0 Å². The van der Waals surface area contributed by atoms with E-state index in [0.29, 0.717) is 19.7 Å². The number of nitrogens with one attached hydrogen (secondary N) is 2. The zero-order valence-corrected chi connectivity index (χ0v) is 14.5. The van der Waals surface area contributed by atoms with E-state index in [1.807, 2.05) is 27.1 Å². The van der Waals surface area contributed by atoms with Gasteiger partial charge in [0.2, 0.25) is 0 Å². The fraction of sp³-hybridized carbons (Fsp3) is 0.588. The fourth-order valence-electron chi connectivity index (χ4n) is 2.07. The average molecular weight is 307 g/mol. The highest BCUT2D eigenvalue weighted by atomic mass is 16.5. The van der Waals surface area contributed by atoms with Crippen molar-refractivity contribution in [1.29, 1.82) is 0 Å². The summed E-state index contributed by atoms with van der Waals surface area (Å²) in [5, 5.41) is 5.63. The molecule has 0 spiro atoms. The number of urea groups is 1. The van der Waals surface area contributed by atoms with Crippen LogP contribution in [0, 0.1) is 20.8 Å². The molecule has 5 heteroatoms. The lowest BCUT2D eigenvalue weighted by Gasteiger charge is -2.13. The molecule has 124 valence electrons. The molecule has 1 aromatic rings. The standard InChI is InChI=1S/C17H29N3O2/c1-13-11-15(3)16(12-14(13)2)22-10-8-19-17(21)18-7-6-9-20(4)5/h11-12H,6-10H2,1-5H3,(H2,18,19,21). The van der Waals surface area contributed by atoms with Crippen molar-refractivity contribution in [3.63, 3.8) is 0 Å². The molecule has 0 saturated carbocycles. The van der Waals surface area contributed by atoms with Gasteiger partial charge in [-0.2, -0.15) is 0 Å². The van der Waals surface area contributed by atoms with Gasteiger partial charge in [-0.3, -0.25) is 0 Å². The minimum absolute atomic E-state index is 0.140. The van der Waals surface area contributed by atoms with Crippen molar-refractivity contribution in [3.05, 3.63) is 28.8 Å². The zero-order chi connectivity index (χ0) is 16.5. The zero-order valence-electron chi connectivity index (χ0n) is 14.5. The summed E-state index contributed by atoms with van der Waals surface area (Å²) in [6.45, 7) is 8.80. The van der Waals surface area contributed by atoms with Gasteiger partial charge in [0.05, 0.1) is 6.54 Å². The van der Waals surface area contributed by atoms with Crippen LogP contribution in [-0.4, -0.2) is 51.3 Å². The molecule has 0 fully saturated rings. The number of hydrogen-bond donors (Lipinski definition) is 2. The van der Waals surface area contributed by atoms with Crippen LogP contribution < -0.4 is 15.4 Å². The highest BCUT2D eigenvalue weighted by Gasteiger charge is 2.04. The number of carbonyl (C=O) groups is 1. The van der Waals surface area contributed by atoms with E-state index in [2.05, 4.69) is 35.4 Å². The minimum atomic E-state index is -0.140.